The van der Waals surface area contributed by atoms with E-state index in [-0.39, 0.29) is 24.4 Å². The molecule has 0 aromatic heterocycles. The molecule has 1 aromatic rings. The number of hydrogen-bond acceptors (Lipinski definition) is 4. The van der Waals surface area contributed by atoms with Crippen molar-refractivity contribution in [3.63, 3.8) is 0 Å². The standard InChI is InChI=1S/C18H25NO3/c1-3-4-5-17-21-16-10-12-6-7-13(20-2)11-15(12)14(8-9-19)18(16)22-17/h3,6-7,11,14,16-18H,1,4-5,8-10,19H2,2H3. The number of rotatable bonds is 6. The van der Waals surface area contributed by atoms with Gasteiger partial charge in [0.15, 0.2) is 6.29 Å². The molecule has 1 heterocycles. The SMILES string of the molecule is C=CCCC1OC2Cc3ccc(OC)cc3C(CCN)C2O1. The molecule has 1 aliphatic carbocycles. The number of ether oxygens (including phenoxy) is 3. The Hall–Kier alpha value is -1.36. The lowest BCUT2D eigenvalue weighted by molar-refractivity contribution is -0.0710. The zero-order valence-corrected chi connectivity index (χ0v) is 13.2. The normalized spacial score (nSPS) is 29.7. The maximum Gasteiger partial charge on any atom is 0.158 e. The number of methoxy groups -OCH3 is 1. The third-order valence-corrected chi connectivity index (χ3v) is 4.66. The average Bonchev–Trinajstić information content (AvgIpc) is 2.95. The molecular formula is C18H25NO3. The first-order valence-corrected chi connectivity index (χ1v) is 8.05. The van der Waals surface area contributed by atoms with E-state index in [4.69, 9.17) is 19.9 Å². The van der Waals surface area contributed by atoms with Crippen LogP contribution in [0, 0.1) is 0 Å². The lowest BCUT2D eigenvalue weighted by atomic mass is 9.77. The van der Waals surface area contributed by atoms with Crippen LogP contribution in [0.4, 0.5) is 0 Å². The third kappa shape index (κ3) is 2.91. The van der Waals surface area contributed by atoms with E-state index in [1.165, 1.54) is 11.1 Å². The maximum atomic E-state index is 6.20. The van der Waals surface area contributed by atoms with E-state index in [0.29, 0.717) is 6.54 Å². The number of fused-ring (bicyclic) bond motifs is 2. The third-order valence-electron chi connectivity index (χ3n) is 4.66. The largest absolute Gasteiger partial charge is 0.497 e. The molecule has 0 saturated carbocycles. The van der Waals surface area contributed by atoms with Crippen LogP contribution in [0.15, 0.2) is 30.9 Å². The molecule has 1 aliphatic heterocycles. The van der Waals surface area contributed by atoms with Crippen LogP contribution < -0.4 is 10.5 Å². The Morgan fingerprint density at radius 2 is 2.23 bits per heavy atom. The molecule has 0 radical (unpaired) electrons. The topological polar surface area (TPSA) is 53.7 Å². The van der Waals surface area contributed by atoms with Gasteiger partial charge in [0.25, 0.3) is 0 Å². The van der Waals surface area contributed by atoms with Crippen LogP contribution in [0.5, 0.6) is 5.75 Å². The summed E-state index contributed by atoms with van der Waals surface area (Å²) in [6.45, 7) is 4.41. The highest BCUT2D eigenvalue weighted by Crippen LogP contribution is 2.43. The van der Waals surface area contributed by atoms with Gasteiger partial charge in [-0.1, -0.05) is 12.1 Å². The van der Waals surface area contributed by atoms with Crippen molar-refractivity contribution in [2.75, 3.05) is 13.7 Å². The highest BCUT2D eigenvalue weighted by atomic mass is 16.7. The van der Waals surface area contributed by atoms with E-state index in [1.807, 2.05) is 12.1 Å². The van der Waals surface area contributed by atoms with Crippen molar-refractivity contribution in [2.24, 2.45) is 5.73 Å². The van der Waals surface area contributed by atoms with Crippen LogP contribution in [-0.2, 0) is 15.9 Å². The number of allylic oxidation sites excluding steroid dienone is 1. The summed E-state index contributed by atoms with van der Waals surface area (Å²) < 4.78 is 17.7. The smallest absolute Gasteiger partial charge is 0.158 e. The van der Waals surface area contributed by atoms with Gasteiger partial charge < -0.3 is 19.9 Å². The Bertz CT molecular complexity index is 531. The highest BCUT2D eigenvalue weighted by Gasteiger charge is 2.44. The van der Waals surface area contributed by atoms with Crippen molar-refractivity contribution in [1.82, 2.24) is 0 Å². The molecule has 2 aliphatic rings. The fraction of sp³-hybridized carbons (Fsp3) is 0.556. The zero-order valence-electron chi connectivity index (χ0n) is 13.2. The van der Waals surface area contributed by atoms with Gasteiger partial charge in [0.05, 0.1) is 19.3 Å². The second-order valence-electron chi connectivity index (χ2n) is 6.02. The van der Waals surface area contributed by atoms with Crippen molar-refractivity contribution in [2.45, 2.75) is 50.1 Å². The van der Waals surface area contributed by atoms with Crippen LogP contribution in [0.1, 0.15) is 36.3 Å². The fourth-order valence-electron chi connectivity index (χ4n) is 3.60. The molecule has 0 spiro atoms. The van der Waals surface area contributed by atoms with Gasteiger partial charge in [0.2, 0.25) is 0 Å². The Balaban J connectivity index is 1.85. The monoisotopic (exact) mass is 303 g/mol. The average molecular weight is 303 g/mol. The Kier molecular flexibility index (Phi) is 4.81. The van der Waals surface area contributed by atoms with Crippen molar-refractivity contribution in [3.05, 3.63) is 42.0 Å². The second-order valence-corrected chi connectivity index (χ2v) is 6.02. The van der Waals surface area contributed by atoms with Crippen molar-refractivity contribution >= 4 is 0 Å². The first kappa shape index (κ1) is 15.5. The summed E-state index contributed by atoms with van der Waals surface area (Å²) in [6.07, 6.45) is 5.59. The van der Waals surface area contributed by atoms with E-state index in [9.17, 15) is 0 Å². The van der Waals surface area contributed by atoms with Gasteiger partial charge in [-0.3, -0.25) is 0 Å². The molecular weight excluding hydrogens is 278 g/mol. The van der Waals surface area contributed by atoms with Crippen LogP contribution >= 0.6 is 0 Å². The predicted molar refractivity (Wildman–Crippen MR) is 86.1 cm³/mol. The minimum Gasteiger partial charge on any atom is -0.497 e. The minimum absolute atomic E-state index is 0.0953. The molecule has 4 heteroatoms. The molecule has 1 saturated heterocycles. The Morgan fingerprint density at radius 1 is 1.36 bits per heavy atom. The van der Waals surface area contributed by atoms with E-state index in [0.717, 1.165) is 31.4 Å². The van der Waals surface area contributed by atoms with E-state index in [1.54, 1.807) is 7.11 Å². The van der Waals surface area contributed by atoms with Crippen molar-refractivity contribution in [3.8, 4) is 5.75 Å². The lowest BCUT2D eigenvalue weighted by Gasteiger charge is -2.33. The van der Waals surface area contributed by atoms with E-state index >= 15 is 0 Å². The number of hydrogen-bond donors (Lipinski definition) is 1. The summed E-state index contributed by atoms with van der Waals surface area (Å²) in [5.74, 6) is 1.17. The summed E-state index contributed by atoms with van der Waals surface area (Å²) in [7, 11) is 1.70. The quantitative estimate of drug-likeness (QED) is 0.821. The predicted octanol–water partition coefficient (Wildman–Crippen LogP) is 2.76. The molecule has 3 rings (SSSR count). The first-order valence-electron chi connectivity index (χ1n) is 8.05. The maximum absolute atomic E-state index is 6.20. The van der Waals surface area contributed by atoms with Crippen molar-refractivity contribution in [1.29, 1.82) is 0 Å². The molecule has 2 N–H and O–H groups in total. The van der Waals surface area contributed by atoms with Gasteiger partial charge in [0, 0.05) is 18.8 Å². The summed E-state index contributed by atoms with van der Waals surface area (Å²) in [4.78, 5) is 0. The molecule has 4 nitrogen and oxygen atoms in total. The van der Waals surface area contributed by atoms with Gasteiger partial charge in [-0.25, -0.2) is 0 Å². The first-order chi connectivity index (χ1) is 10.8. The van der Waals surface area contributed by atoms with Gasteiger partial charge in [-0.15, -0.1) is 6.58 Å². The molecule has 4 unspecified atom stereocenters. The Morgan fingerprint density at radius 3 is 2.95 bits per heavy atom. The molecule has 0 amide bonds. The Labute approximate surface area is 132 Å². The summed E-state index contributed by atoms with van der Waals surface area (Å²) in [5, 5.41) is 0. The lowest BCUT2D eigenvalue weighted by Crippen LogP contribution is -2.37. The molecule has 22 heavy (non-hydrogen) atoms. The number of nitrogens with two attached hydrogens (primary N) is 1. The molecule has 1 fully saturated rings. The van der Waals surface area contributed by atoms with E-state index < -0.39 is 0 Å². The van der Waals surface area contributed by atoms with Crippen LogP contribution in [0.25, 0.3) is 0 Å². The van der Waals surface area contributed by atoms with Crippen LogP contribution in [0.2, 0.25) is 0 Å². The molecule has 1 aromatic carbocycles. The summed E-state index contributed by atoms with van der Waals surface area (Å²) in [5.41, 5.74) is 8.48. The summed E-state index contributed by atoms with van der Waals surface area (Å²) >= 11 is 0. The number of benzene rings is 1. The van der Waals surface area contributed by atoms with Gasteiger partial charge >= 0.3 is 0 Å². The van der Waals surface area contributed by atoms with Crippen LogP contribution in [0.3, 0.4) is 0 Å². The zero-order chi connectivity index (χ0) is 15.5. The van der Waals surface area contributed by atoms with Crippen LogP contribution in [-0.4, -0.2) is 32.2 Å². The summed E-state index contributed by atoms with van der Waals surface area (Å²) in [6, 6.07) is 6.30. The van der Waals surface area contributed by atoms with Gasteiger partial charge in [-0.05, 0) is 42.6 Å². The second kappa shape index (κ2) is 6.82. The highest BCUT2D eigenvalue weighted by molar-refractivity contribution is 5.41. The van der Waals surface area contributed by atoms with Gasteiger partial charge in [-0.2, -0.15) is 0 Å². The van der Waals surface area contributed by atoms with Gasteiger partial charge in [0.1, 0.15) is 5.75 Å². The fourth-order valence-corrected chi connectivity index (χ4v) is 3.60. The molecule has 0 bridgehead atoms. The van der Waals surface area contributed by atoms with E-state index in [2.05, 4.69) is 18.7 Å². The minimum atomic E-state index is -0.121. The molecule has 4 atom stereocenters. The molecule has 120 valence electrons. The van der Waals surface area contributed by atoms with Crippen molar-refractivity contribution < 1.29 is 14.2 Å².